The molecule has 0 aliphatic carbocycles. The minimum absolute atomic E-state index is 0.168. The van der Waals surface area contributed by atoms with Crippen LogP contribution < -0.4 is 0 Å². The fourth-order valence-electron chi connectivity index (χ4n) is 3.00. The van der Waals surface area contributed by atoms with Crippen molar-refractivity contribution in [3.63, 3.8) is 0 Å². The monoisotopic (exact) mass is 292 g/mol. The number of nitrogens with zero attached hydrogens (tertiary/aromatic N) is 2. The Bertz CT molecular complexity index is 592. The topological polar surface area (TPSA) is 23.6 Å². The summed E-state index contributed by atoms with van der Waals surface area (Å²) in [6, 6.07) is 2.40. The Morgan fingerprint density at radius 2 is 1.90 bits per heavy atom. The van der Waals surface area contributed by atoms with Crippen molar-refractivity contribution in [1.82, 2.24) is 9.80 Å². The number of likely N-dealkylation sites (tertiary alicyclic amines) is 1. The highest BCUT2D eigenvalue weighted by Crippen LogP contribution is 2.22. The number of aryl methyl sites for hydroxylation is 1. The quantitative estimate of drug-likeness (QED) is 0.781. The first-order chi connectivity index (χ1) is 10.1. The maximum atomic E-state index is 13.9. The molecule has 0 radical (unpaired) electrons. The summed E-state index contributed by atoms with van der Waals surface area (Å²) < 4.78 is 27.5. The lowest BCUT2D eigenvalue weighted by molar-refractivity contribution is 0.0775. The van der Waals surface area contributed by atoms with E-state index in [9.17, 15) is 13.6 Å². The highest BCUT2D eigenvalue weighted by atomic mass is 19.1. The van der Waals surface area contributed by atoms with Gasteiger partial charge in [-0.3, -0.25) is 9.69 Å². The number of rotatable bonds is 2. The lowest BCUT2D eigenvalue weighted by Crippen LogP contribution is -2.37. The van der Waals surface area contributed by atoms with Crippen LogP contribution in [0.5, 0.6) is 0 Å². The first-order valence-corrected chi connectivity index (χ1v) is 7.20. The average Bonchev–Trinajstić information content (AvgIpc) is 3.11. The first kappa shape index (κ1) is 14.2. The fourth-order valence-corrected chi connectivity index (χ4v) is 3.00. The van der Waals surface area contributed by atoms with E-state index in [0.717, 1.165) is 31.6 Å². The van der Waals surface area contributed by atoms with Crippen LogP contribution >= 0.6 is 0 Å². The van der Waals surface area contributed by atoms with E-state index in [1.54, 1.807) is 4.90 Å². The van der Waals surface area contributed by atoms with Gasteiger partial charge in [0.25, 0.3) is 5.91 Å². The molecule has 1 atom stereocenters. The standard InChI is InChI=1S/C16H18F2N2O/c1-11-8-15(18)13(9-14(11)17)16(21)20-7-4-12(10-20)19-5-2-3-6-19/h2-3,8-9,12H,4-7,10H2,1H3. The zero-order valence-corrected chi connectivity index (χ0v) is 12.0. The lowest BCUT2D eigenvalue weighted by Gasteiger charge is -2.23. The van der Waals surface area contributed by atoms with Gasteiger partial charge < -0.3 is 4.90 Å². The average molecular weight is 292 g/mol. The minimum atomic E-state index is -0.648. The first-order valence-electron chi connectivity index (χ1n) is 7.20. The molecule has 0 bridgehead atoms. The minimum Gasteiger partial charge on any atom is -0.337 e. The molecule has 0 spiro atoms. The van der Waals surface area contributed by atoms with Crippen LogP contribution in [0, 0.1) is 18.6 Å². The van der Waals surface area contributed by atoms with E-state index >= 15 is 0 Å². The molecule has 1 unspecified atom stereocenters. The van der Waals surface area contributed by atoms with Crippen LogP contribution in [-0.4, -0.2) is 47.9 Å². The van der Waals surface area contributed by atoms with E-state index < -0.39 is 17.5 Å². The summed E-state index contributed by atoms with van der Waals surface area (Å²) in [5, 5.41) is 0. The number of carbonyl (C=O) groups is 1. The number of halogens is 2. The van der Waals surface area contributed by atoms with E-state index in [1.165, 1.54) is 6.92 Å². The Balaban J connectivity index is 1.73. The van der Waals surface area contributed by atoms with Gasteiger partial charge >= 0.3 is 0 Å². The van der Waals surface area contributed by atoms with Crippen molar-refractivity contribution in [3.8, 4) is 0 Å². The van der Waals surface area contributed by atoms with Crippen LogP contribution in [0.15, 0.2) is 24.3 Å². The molecule has 1 amide bonds. The highest BCUT2D eigenvalue weighted by Gasteiger charge is 2.32. The molecular weight excluding hydrogens is 274 g/mol. The van der Waals surface area contributed by atoms with Gasteiger partial charge in [0, 0.05) is 32.2 Å². The number of amides is 1. The predicted molar refractivity (Wildman–Crippen MR) is 76.1 cm³/mol. The zero-order chi connectivity index (χ0) is 15.0. The summed E-state index contributed by atoms with van der Waals surface area (Å²) in [5.74, 6) is -1.61. The highest BCUT2D eigenvalue weighted by molar-refractivity contribution is 5.94. The van der Waals surface area contributed by atoms with E-state index in [4.69, 9.17) is 0 Å². The summed E-state index contributed by atoms with van der Waals surface area (Å²) in [7, 11) is 0. The van der Waals surface area contributed by atoms with Gasteiger partial charge in [-0.15, -0.1) is 0 Å². The number of hydrogen-bond acceptors (Lipinski definition) is 2. The zero-order valence-electron chi connectivity index (χ0n) is 12.0. The Labute approximate surface area is 122 Å². The molecule has 2 aliphatic heterocycles. The molecule has 0 aromatic heterocycles. The van der Waals surface area contributed by atoms with Gasteiger partial charge in [-0.05, 0) is 31.0 Å². The molecule has 1 fully saturated rings. The van der Waals surface area contributed by atoms with Crippen molar-refractivity contribution in [1.29, 1.82) is 0 Å². The van der Waals surface area contributed by atoms with Crippen LogP contribution in [0.3, 0.4) is 0 Å². The van der Waals surface area contributed by atoms with Crippen molar-refractivity contribution >= 4 is 5.91 Å². The van der Waals surface area contributed by atoms with Crippen LogP contribution in [0.25, 0.3) is 0 Å². The molecule has 1 saturated heterocycles. The van der Waals surface area contributed by atoms with Crippen molar-refractivity contribution in [2.24, 2.45) is 0 Å². The van der Waals surface area contributed by atoms with E-state index in [-0.39, 0.29) is 11.1 Å². The molecule has 0 saturated carbocycles. The largest absolute Gasteiger partial charge is 0.337 e. The van der Waals surface area contributed by atoms with E-state index in [2.05, 4.69) is 17.1 Å². The van der Waals surface area contributed by atoms with Gasteiger partial charge in [-0.2, -0.15) is 0 Å². The maximum Gasteiger partial charge on any atom is 0.256 e. The molecule has 3 rings (SSSR count). The molecule has 0 N–H and O–H groups in total. The summed E-state index contributed by atoms with van der Waals surface area (Å²) in [5.41, 5.74) is 0.0461. The fraction of sp³-hybridized carbons (Fsp3) is 0.438. The molecule has 5 heteroatoms. The third-order valence-electron chi connectivity index (χ3n) is 4.29. The maximum absolute atomic E-state index is 13.9. The summed E-state index contributed by atoms with van der Waals surface area (Å²) in [6.07, 6.45) is 5.10. The molecule has 21 heavy (non-hydrogen) atoms. The number of carbonyl (C=O) groups excluding carboxylic acids is 1. The molecule has 112 valence electrons. The van der Waals surface area contributed by atoms with Gasteiger partial charge in [0.1, 0.15) is 11.6 Å². The Hall–Kier alpha value is -1.75. The van der Waals surface area contributed by atoms with Gasteiger partial charge in [-0.1, -0.05) is 12.2 Å². The van der Waals surface area contributed by atoms with Gasteiger partial charge in [0.15, 0.2) is 0 Å². The molecule has 2 heterocycles. The summed E-state index contributed by atoms with van der Waals surface area (Å²) in [6.45, 7) is 4.46. The van der Waals surface area contributed by atoms with Crippen LogP contribution in [0.2, 0.25) is 0 Å². The third-order valence-corrected chi connectivity index (χ3v) is 4.29. The van der Waals surface area contributed by atoms with Crippen LogP contribution in [-0.2, 0) is 0 Å². The second-order valence-electron chi connectivity index (χ2n) is 5.70. The smallest absolute Gasteiger partial charge is 0.256 e. The summed E-state index contributed by atoms with van der Waals surface area (Å²) in [4.78, 5) is 16.3. The number of benzene rings is 1. The van der Waals surface area contributed by atoms with E-state index in [0.29, 0.717) is 19.1 Å². The normalized spacial score (nSPS) is 22.2. The predicted octanol–water partition coefficient (Wildman–Crippen LogP) is 2.36. The SMILES string of the molecule is Cc1cc(F)c(C(=O)N2CCC(N3CC=CC3)C2)cc1F. The van der Waals surface area contributed by atoms with Gasteiger partial charge in [0.2, 0.25) is 0 Å². The molecule has 3 nitrogen and oxygen atoms in total. The van der Waals surface area contributed by atoms with Crippen molar-refractivity contribution < 1.29 is 13.6 Å². The Kier molecular flexibility index (Phi) is 3.76. The van der Waals surface area contributed by atoms with Crippen LogP contribution in [0.1, 0.15) is 22.3 Å². The molecule has 1 aromatic rings. The van der Waals surface area contributed by atoms with Crippen LogP contribution in [0.4, 0.5) is 8.78 Å². The molecular formula is C16H18F2N2O. The third kappa shape index (κ3) is 2.70. The van der Waals surface area contributed by atoms with Crippen molar-refractivity contribution in [2.75, 3.05) is 26.2 Å². The number of hydrogen-bond donors (Lipinski definition) is 0. The van der Waals surface area contributed by atoms with Crippen molar-refractivity contribution in [2.45, 2.75) is 19.4 Å². The van der Waals surface area contributed by atoms with Gasteiger partial charge in [0.05, 0.1) is 5.56 Å². The van der Waals surface area contributed by atoms with E-state index in [1.807, 2.05) is 0 Å². The van der Waals surface area contributed by atoms with Crippen molar-refractivity contribution in [3.05, 3.63) is 47.0 Å². The second-order valence-corrected chi connectivity index (χ2v) is 5.70. The van der Waals surface area contributed by atoms with Gasteiger partial charge in [-0.25, -0.2) is 8.78 Å². The molecule has 2 aliphatic rings. The Morgan fingerprint density at radius 3 is 2.62 bits per heavy atom. The Morgan fingerprint density at radius 1 is 1.19 bits per heavy atom. The summed E-state index contributed by atoms with van der Waals surface area (Å²) >= 11 is 0. The second kappa shape index (κ2) is 5.56. The lowest BCUT2D eigenvalue weighted by atomic mass is 10.1. The molecule has 1 aromatic carbocycles.